The standard InChI is InChI=1S/C20H17FN4O3S/c21-15-6-4-9-17(12-15)25-14-24(13-19(26)23-16-7-2-1-3-8-16)29(27,28)18-10-5-11-22-20(18)25/h1-12H,13-14H2,(H,23,26). The molecule has 148 valence electrons. The van der Waals surface area contributed by atoms with E-state index in [9.17, 15) is 17.6 Å². The Morgan fingerprint density at radius 2 is 1.86 bits per heavy atom. The summed E-state index contributed by atoms with van der Waals surface area (Å²) >= 11 is 0. The summed E-state index contributed by atoms with van der Waals surface area (Å²) in [6.07, 6.45) is 1.47. The number of para-hydroxylation sites is 1. The van der Waals surface area contributed by atoms with E-state index in [-0.39, 0.29) is 17.4 Å². The van der Waals surface area contributed by atoms with Gasteiger partial charge in [-0.15, -0.1) is 0 Å². The summed E-state index contributed by atoms with van der Waals surface area (Å²) in [5.74, 6) is -0.745. The molecular weight excluding hydrogens is 395 g/mol. The van der Waals surface area contributed by atoms with Crippen LogP contribution >= 0.6 is 0 Å². The van der Waals surface area contributed by atoms with Crippen LogP contribution in [0.4, 0.5) is 21.6 Å². The summed E-state index contributed by atoms with van der Waals surface area (Å²) in [5, 5.41) is 2.68. The van der Waals surface area contributed by atoms with E-state index in [2.05, 4.69) is 10.3 Å². The zero-order valence-corrected chi connectivity index (χ0v) is 16.0. The number of aromatic nitrogens is 1. The first kappa shape index (κ1) is 19.0. The van der Waals surface area contributed by atoms with Crippen LogP contribution in [0.1, 0.15) is 0 Å². The molecule has 1 aliphatic rings. The second-order valence-electron chi connectivity index (χ2n) is 6.40. The van der Waals surface area contributed by atoms with Crippen LogP contribution in [0.2, 0.25) is 0 Å². The van der Waals surface area contributed by atoms with Gasteiger partial charge in [0.15, 0.2) is 5.82 Å². The van der Waals surface area contributed by atoms with E-state index in [1.165, 1.54) is 36.5 Å². The molecule has 0 spiro atoms. The van der Waals surface area contributed by atoms with Crippen molar-refractivity contribution in [3.63, 3.8) is 0 Å². The number of carbonyl (C=O) groups excluding carboxylic acids is 1. The van der Waals surface area contributed by atoms with E-state index in [4.69, 9.17) is 0 Å². The van der Waals surface area contributed by atoms with Crippen molar-refractivity contribution in [3.05, 3.63) is 78.7 Å². The van der Waals surface area contributed by atoms with Crippen molar-refractivity contribution in [2.45, 2.75) is 4.90 Å². The highest BCUT2D eigenvalue weighted by molar-refractivity contribution is 7.89. The molecule has 9 heteroatoms. The summed E-state index contributed by atoms with van der Waals surface area (Å²) in [7, 11) is -3.95. The van der Waals surface area contributed by atoms with Crippen molar-refractivity contribution < 1.29 is 17.6 Å². The average Bonchev–Trinajstić information content (AvgIpc) is 2.71. The lowest BCUT2D eigenvalue weighted by atomic mass is 10.2. The predicted octanol–water partition coefficient (Wildman–Crippen LogP) is 2.96. The highest BCUT2D eigenvalue weighted by Gasteiger charge is 2.38. The first-order chi connectivity index (χ1) is 13.9. The number of rotatable bonds is 4. The lowest BCUT2D eigenvalue weighted by Gasteiger charge is -2.36. The van der Waals surface area contributed by atoms with Gasteiger partial charge in [0, 0.05) is 17.6 Å². The van der Waals surface area contributed by atoms with Crippen LogP contribution in [0.3, 0.4) is 0 Å². The summed E-state index contributed by atoms with van der Waals surface area (Å²) in [6, 6.07) is 17.5. The van der Waals surface area contributed by atoms with Crippen LogP contribution in [-0.4, -0.2) is 36.8 Å². The number of benzene rings is 2. The topological polar surface area (TPSA) is 82.6 Å². The molecule has 0 atom stereocenters. The molecule has 2 aromatic carbocycles. The van der Waals surface area contributed by atoms with Crippen LogP contribution in [0.25, 0.3) is 0 Å². The number of amides is 1. The number of hydrogen-bond donors (Lipinski definition) is 1. The SMILES string of the molecule is O=C(CN1CN(c2cccc(F)c2)c2ncccc2S1(=O)=O)Nc1ccccc1. The number of pyridine rings is 1. The van der Waals surface area contributed by atoms with Crippen LogP contribution in [0.5, 0.6) is 0 Å². The molecule has 1 amide bonds. The molecule has 0 saturated carbocycles. The van der Waals surface area contributed by atoms with Crippen molar-refractivity contribution in [3.8, 4) is 0 Å². The number of fused-ring (bicyclic) bond motifs is 1. The molecule has 7 nitrogen and oxygen atoms in total. The fourth-order valence-corrected chi connectivity index (χ4v) is 4.57. The smallest absolute Gasteiger partial charge is 0.248 e. The van der Waals surface area contributed by atoms with Crippen molar-refractivity contribution in [2.24, 2.45) is 0 Å². The maximum Gasteiger partial charge on any atom is 0.248 e. The van der Waals surface area contributed by atoms with Gasteiger partial charge in [0.25, 0.3) is 0 Å². The summed E-state index contributed by atoms with van der Waals surface area (Å²) < 4.78 is 40.9. The van der Waals surface area contributed by atoms with Gasteiger partial charge in [-0.3, -0.25) is 4.79 Å². The Balaban J connectivity index is 1.67. The number of halogens is 1. The largest absolute Gasteiger partial charge is 0.325 e. The number of sulfonamides is 1. The molecule has 0 fully saturated rings. The minimum absolute atomic E-state index is 0.0389. The zero-order valence-electron chi connectivity index (χ0n) is 15.2. The van der Waals surface area contributed by atoms with E-state index >= 15 is 0 Å². The van der Waals surface area contributed by atoms with Gasteiger partial charge in [0.1, 0.15) is 10.7 Å². The molecular formula is C20H17FN4O3S. The maximum absolute atomic E-state index is 13.8. The number of carbonyl (C=O) groups is 1. The second kappa shape index (κ2) is 7.61. The van der Waals surface area contributed by atoms with E-state index < -0.39 is 28.3 Å². The normalized spacial score (nSPS) is 15.6. The lowest BCUT2D eigenvalue weighted by molar-refractivity contribution is -0.116. The van der Waals surface area contributed by atoms with Gasteiger partial charge in [-0.1, -0.05) is 24.3 Å². The molecule has 0 radical (unpaired) electrons. The quantitative estimate of drug-likeness (QED) is 0.713. The monoisotopic (exact) mass is 412 g/mol. The molecule has 1 aliphatic heterocycles. The number of nitrogens with zero attached hydrogens (tertiary/aromatic N) is 3. The number of nitrogens with one attached hydrogen (secondary N) is 1. The summed E-state index contributed by atoms with van der Waals surface area (Å²) in [5.41, 5.74) is 1.00. The van der Waals surface area contributed by atoms with Crippen molar-refractivity contribution >= 4 is 33.1 Å². The van der Waals surface area contributed by atoms with Crippen molar-refractivity contribution in [2.75, 3.05) is 23.4 Å². The first-order valence-electron chi connectivity index (χ1n) is 8.78. The Hall–Kier alpha value is -3.30. The zero-order chi connectivity index (χ0) is 20.4. The lowest BCUT2D eigenvalue weighted by Crippen LogP contribution is -2.47. The van der Waals surface area contributed by atoms with Gasteiger partial charge in [-0.2, -0.15) is 4.31 Å². The third-order valence-electron chi connectivity index (χ3n) is 4.42. The van der Waals surface area contributed by atoms with E-state index in [0.29, 0.717) is 11.4 Å². The van der Waals surface area contributed by atoms with Gasteiger partial charge < -0.3 is 10.2 Å². The fourth-order valence-electron chi connectivity index (χ4n) is 3.09. The van der Waals surface area contributed by atoms with Crippen LogP contribution in [0, 0.1) is 5.82 Å². The molecule has 1 aromatic heterocycles. The molecule has 2 heterocycles. The Labute approximate surface area is 167 Å². The molecule has 0 bridgehead atoms. The Morgan fingerprint density at radius 1 is 1.07 bits per heavy atom. The average molecular weight is 412 g/mol. The third kappa shape index (κ3) is 3.82. The van der Waals surface area contributed by atoms with E-state index in [0.717, 1.165) is 4.31 Å². The fraction of sp³-hybridized carbons (Fsp3) is 0.100. The van der Waals surface area contributed by atoms with Crippen molar-refractivity contribution in [1.82, 2.24) is 9.29 Å². The van der Waals surface area contributed by atoms with E-state index in [1.54, 1.807) is 35.2 Å². The molecule has 0 saturated heterocycles. The number of hydrogen-bond acceptors (Lipinski definition) is 5. The van der Waals surface area contributed by atoms with Crippen LogP contribution in [-0.2, 0) is 14.8 Å². The van der Waals surface area contributed by atoms with E-state index in [1.807, 2.05) is 6.07 Å². The third-order valence-corrected chi connectivity index (χ3v) is 6.22. The molecule has 29 heavy (non-hydrogen) atoms. The Morgan fingerprint density at radius 3 is 2.62 bits per heavy atom. The van der Waals surface area contributed by atoms with Crippen LogP contribution in [0.15, 0.2) is 77.8 Å². The first-order valence-corrected chi connectivity index (χ1v) is 10.2. The molecule has 0 aliphatic carbocycles. The number of anilines is 3. The van der Waals surface area contributed by atoms with Gasteiger partial charge in [-0.25, -0.2) is 17.8 Å². The van der Waals surface area contributed by atoms with Gasteiger partial charge >= 0.3 is 0 Å². The van der Waals surface area contributed by atoms with Gasteiger partial charge in [0.2, 0.25) is 15.9 Å². The van der Waals surface area contributed by atoms with Crippen molar-refractivity contribution in [1.29, 1.82) is 0 Å². The minimum Gasteiger partial charge on any atom is -0.325 e. The maximum atomic E-state index is 13.8. The van der Waals surface area contributed by atoms with Gasteiger partial charge in [-0.05, 0) is 42.5 Å². The Kier molecular flexibility index (Phi) is 4.99. The second-order valence-corrected chi connectivity index (χ2v) is 8.31. The molecule has 1 N–H and O–H groups in total. The molecule has 3 aromatic rings. The Bertz CT molecular complexity index is 1160. The summed E-state index contributed by atoms with van der Waals surface area (Å²) in [4.78, 5) is 18.2. The molecule has 4 rings (SSSR count). The van der Waals surface area contributed by atoms with Gasteiger partial charge in [0.05, 0.1) is 13.2 Å². The highest BCUT2D eigenvalue weighted by atomic mass is 32.2. The van der Waals surface area contributed by atoms with Crippen LogP contribution < -0.4 is 10.2 Å². The predicted molar refractivity (Wildman–Crippen MR) is 107 cm³/mol. The summed E-state index contributed by atoms with van der Waals surface area (Å²) in [6.45, 7) is -0.560. The molecule has 0 unspecified atom stereocenters. The minimum atomic E-state index is -3.95. The highest BCUT2D eigenvalue weighted by Crippen LogP contribution is 2.36.